The fourth-order valence-electron chi connectivity index (χ4n) is 4.51. The molecule has 0 amide bonds. The zero-order valence-corrected chi connectivity index (χ0v) is 19.5. The molecule has 0 N–H and O–H groups in total. The number of fused-ring (bicyclic) bond motifs is 2. The number of pyridine rings is 1. The Labute approximate surface area is 204 Å². The summed E-state index contributed by atoms with van der Waals surface area (Å²) < 4.78 is 11.0. The zero-order valence-electron chi connectivity index (χ0n) is 19.5. The van der Waals surface area contributed by atoms with E-state index in [4.69, 9.17) is 19.7 Å². The first-order valence-corrected chi connectivity index (χ1v) is 11.6. The van der Waals surface area contributed by atoms with Crippen LogP contribution in [-0.4, -0.2) is 18.1 Å². The number of esters is 1. The zero-order chi connectivity index (χ0) is 24.2. The summed E-state index contributed by atoms with van der Waals surface area (Å²) in [6.07, 6.45) is 4.74. The van der Waals surface area contributed by atoms with Crippen LogP contribution in [0.5, 0.6) is 5.75 Å². The van der Waals surface area contributed by atoms with Crippen molar-refractivity contribution in [3.05, 3.63) is 106 Å². The van der Waals surface area contributed by atoms with E-state index in [1.807, 2.05) is 60.7 Å². The molecule has 5 rings (SSSR count). The third-order valence-electron chi connectivity index (χ3n) is 6.28. The van der Waals surface area contributed by atoms with E-state index in [9.17, 15) is 4.79 Å². The maximum Gasteiger partial charge on any atom is 0.339 e. The van der Waals surface area contributed by atoms with Crippen molar-refractivity contribution in [1.82, 2.24) is 4.98 Å². The number of carbonyl (C=O) groups is 1. The number of nitrogens with zero attached hydrogens (tertiary/aromatic N) is 2. The molecule has 1 heterocycles. The molecular formula is C30H24N2O3. The summed E-state index contributed by atoms with van der Waals surface area (Å²) in [5, 5.41) is 9.80. The molecule has 0 unspecified atom stereocenters. The Morgan fingerprint density at radius 1 is 1.03 bits per heavy atom. The maximum absolute atomic E-state index is 13.4. The van der Waals surface area contributed by atoms with Gasteiger partial charge in [-0.25, -0.2) is 9.78 Å². The Balaban J connectivity index is 1.53. The molecule has 0 bridgehead atoms. The first-order valence-electron chi connectivity index (χ1n) is 11.6. The normalized spacial score (nSPS) is 13.8. The largest absolute Gasteiger partial charge is 0.497 e. The molecule has 0 fully saturated rings. The summed E-state index contributed by atoms with van der Waals surface area (Å²) in [5.41, 5.74) is 6.78. The number of aromatic nitrogens is 1. The van der Waals surface area contributed by atoms with Gasteiger partial charge in [-0.3, -0.25) is 0 Å². The molecule has 4 aromatic rings. The standard InChI is InChI=1S/C30H24N2O3/c1-34-24-15-13-20(14-16-24)17-23-5-4-7-26-28(25-6-2-3-8-27(25)32-29(23)26)30(33)35-19-22-11-9-21(18-31)10-12-22/h2-3,6,8-17H,4-5,7,19H2,1H3. The highest BCUT2D eigenvalue weighted by atomic mass is 16.5. The van der Waals surface area contributed by atoms with Gasteiger partial charge >= 0.3 is 5.97 Å². The van der Waals surface area contributed by atoms with E-state index in [-0.39, 0.29) is 12.6 Å². The van der Waals surface area contributed by atoms with Crippen LogP contribution in [0.25, 0.3) is 22.6 Å². The van der Waals surface area contributed by atoms with Crippen molar-refractivity contribution >= 4 is 28.5 Å². The lowest BCUT2D eigenvalue weighted by Crippen LogP contribution is -2.15. The molecular weight excluding hydrogens is 436 g/mol. The molecule has 0 saturated carbocycles. The predicted octanol–water partition coefficient (Wildman–Crippen LogP) is 6.35. The average molecular weight is 461 g/mol. The molecule has 5 heteroatoms. The van der Waals surface area contributed by atoms with Crippen LogP contribution < -0.4 is 4.74 Å². The van der Waals surface area contributed by atoms with Crippen LogP contribution in [0.15, 0.2) is 72.8 Å². The number of hydrogen-bond donors (Lipinski definition) is 0. The summed E-state index contributed by atoms with van der Waals surface area (Å²) in [4.78, 5) is 18.4. The van der Waals surface area contributed by atoms with Gasteiger partial charge in [0.05, 0.1) is 35.5 Å². The van der Waals surface area contributed by atoms with Gasteiger partial charge in [-0.2, -0.15) is 5.26 Å². The highest BCUT2D eigenvalue weighted by Gasteiger charge is 2.26. The first-order chi connectivity index (χ1) is 17.2. The Morgan fingerprint density at radius 2 is 1.80 bits per heavy atom. The van der Waals surface area contributed by atoms with Gasteiger partial charge in [-0.15, -0.1) is 0 Å². The van der Waals surface area contributed by atoms with Gasteiger partial charge in [0, 0.05) is 5.39 Å². The number of methoxy groups -OCH3 is 1. The third kappa shape index (κ3) is 4.64. The minimum Gasteiger partial charge on any atom is -0.497 e. The van der Waals surface area contributed by atoms with Crippen molar-refractivity contribution in [3.8, 4) is 11.8 Å². The molecule has 5 nitrogen and oxygen atoms in total. The Kier molecular flexibility index (Phi) is 6.28. The second-order valence-corrected chi connectivity index (χ2v) is 8.51. The van der Waals surface area contributed by atoms with Gasteiger partial charge in [0.15, 0.2) is 0 Å². The fraction of sp³-hybridized carbons (Fsp3) is 0.167. The van der Waals surface area contributed by atoms with Crippen LogP contribution >= 0.6 is 0 Å². The molecule has 1 aromatic heterocycles. The number of allylic oxidation sites excluding steroid dienone is 1. The van der Waals surface area contributed by atoms with Crippen LogP contribution in [0.2, 0.25) is 0 Å². The van der Waals surface area contributed by atoms with Crippen molar-refractivity contribution in [3.63, 3.8) is 0 Å². The van der Waals surface area contributed by atoms with E-state index in [1.54, 1.807) is 19.2 Å². The summed E-state index contributed by atoms with van der Waals surface area (Å²) in [6.45, 7) is 0.143. The van der Waals surface area contributed by atoms with Gasteiger partial charge in [0.25, 0.3) is 0 Å². The van der Waals surface area contributed by atoms with Crippen molar-refractivity contribution in [2.75, 3.05) is 7.11 Å². The van der Waals surface area contributed by atoms with Gasteiger partial charge in [-0.05, 0) is 77.9 Å². The van der Waals surface area contributed by atoms with Gasteiger partial charge in [0.1, 0.15) is 12.4 Å². The van der Waals surface area contributed by atoms with E-state index in [0.29, 0.717) is 11.1 Å². The molecule has 1 aliphatic rings. The first kappa shape index (κ1) is 22.4. The summed E-state index contributed by atoms with van der Waals surface area (Å²) in [6, 6.07) is 24.8. The Morgan fingerprint density at radius 3 is 2.54 bits per heavy atom. The van der Waals surface area contributed by atoms with Crippen molar-refractivity contribution in [1.29, 1.82) is 5.26 Å². The van der Waals surface area contributed by atoms with Crippen LogP contribution in [-0.2, 0) is 17.8 Å². The maximum atomic E-state index is 13.4. The summed E-state index contributed by atoms with van der Waals surface area (Å²) >= 11 is 0. The molecule has 1 aliphatic carbocycles. The molecule has 0 radical (unpaired) electrons. The highest BCUT2D eigenvalue weighted by molar-refractivity contribution is 6.06. The van der Waals surface area contributed by atoms with Crippen LogP contribution in [0.4, 0.5) is 0 Å². The van der Waals surface area contributed by atoms with E-state index in [1.165, 1.54) is 0 Å². The average Bonchev–Trinajstić information content (AvgIpc) is 2.91. The smallest absolute Gasteiger partial charge is 0.339 e. The third-order valence-corrected chi connectivity index (χ3v) is 6.28. The molecule has 0 atom stereocenters. The number of ether oxygens (including phenoxy) is 2. The number of para-hydroxylation sites is 1. The van der Waals surface area contributed by atoms with Gasteiger partial charge in [-0.1, -0.05) is 42.5 Å². The summed E-state index contributed by atoms with van der Waals surface area (Å²) in [7, 11) is 1.65. The number of rotatable bonds is 5. The lowest BCUT2D eigenvalue weighted by atomic mass is 9.86. The van der Waals surface area contributed by atoms with Crippen molar-refractivity contribution in [2.24, 2.45) is 0 Å². The minimum atomic E-state index is -0.352. The fourth-order valence-corrected chi connectivity index (χ4v) is 4.51. The second-order valence-electron chi connectivity index (χ2n) is 8.51. The Bertz CT molecular complexity index is 1460. The van der Waals surface area contributed by atoms with E-state index in [2.05, 4.69) is 12.1 Å². The van der Waals surface area contributed by atoms with Gasteiger partial charge < -0.3 is 9.47 Å². The lowest BCUT2D eigenvalue weighted by Gasteiger charge is -2.22. The monoisotopic (exact) mass is 460 g/mol. The van der Waals surface area contributed by atoms with Gasteiger partial charge in [0.2, 0.25) is 0 Å². The van der Waals surface area contributed by atoms with E-state index in [0.717, 1.165) is 63.9 Å². The van der Waals surface area contributed by atoms with Crippen LogP contribution in [0.3, 0.4) is 0 Å². The molecule has 35 heavy (non-hydrogen) atoms. The topological polar surface area (TPSA) is 72.2 Å². The highest BCUT2D eigenvalue weighted by Crippen LogP contribution is 2.36. The molecule has 0 spiro atoms. The molecule has 172 valence electrons. The second kappa shape index (κ2) is 9.82. The minimum absolute atomic E-state index is 0.143. The van der Waals surface area contributed by atoms with Crippen molar-refractivity contribution in [2.45, 2.75) is 25.9 Å². The van der Waals surface area contributed by atoms with Crippen molar-refractivity contribution < 1.29 is 14.3 Å². The molecule has 0 saturated heterocycles. The lowest BCUT2D eigenvalue weighted by molar-refractivity contribution is 0.0473. The van der Waals surface area contributed by atoms with Crippen LogP contribution in [0, 0.1) is 11.3 Å². The van der Waals surface area contributed by atoms with E-state index < -0.39 is 0 Å². The SMILES string of the molecule is COc1ccc(C=C2CCCc3c2nc2ccccc2c3C(=O)OCc2ccc(C#N)cc2)cc1. The van der Waals surface area contributed by atoms with E-state index >= 15 is 0 Å². The number of nitriles is 1. The predicted molar refractivity (Wildman–Crippen MR) is 136 cm³/mol. The van der Waals surface area contributed by atoms with Crippen LogP contribution in [0.1, 0.15) is 51.1 Å². The quantitative estimate of drug-likeness (QED) is 0.325. The summed E-state index contributed by atoms with van der Waals surface area (Å²) in [5.74, 6) is 0.461. The number of hydrogen-bond acceptors (Lipinski definition) is 5. The number of benzene rings is 3. The molecule has 3 aromatic carbocycles. The molecule has 0 aliphatic heterocycles. The Hall–Kier alpha value is -4.43. The number of carbonyl (C=O) groups excluding carboxylic acids is 1.